The summed E-state index contributed by atoms with van der Waals surface area (Å²) in [6.45, 7) is 0.390. The summed E-state index contributed by atoms with van der Waals surface area (Å²) < 4.78 is 1.75. The maximum Gasteiger partial charge on any atom is 0.179 e. The second kappa shape index (κ2) is 3.64. The summed E-state index contributed by atoms with van der Waals surface area (Å²) in [6, 6.07) is 3.35. The molecule has 2 aromatic heterocycles. The molecular formula is C8H10ClN3O. The Hall–Kier alpha value is -1.26. The van der Waals surface area contributed by atoms with Crippen LogP contribution in [0, 0.1) is 0 Å². The van der Waals surface area contributed by atoms with Gasteiger partial charge in [-0.15, -0.1) is 12.4 Å². The van der Waals surface area contributed by atoms with E-state index in [1.54, 1.807) is 22.7 Å². The number of imidazole rings is 1. The van der Waals surface area contributed by atoms with Gasteiger partial charge in [0.2, 0.25) is 0 Å². The van der Waals surface area contributed by atoms with Crippen LogP contribution in [0.4, 0.5) is 0 Å². The third kappa shape index (κ3) is 1.59. The van der Waals surface area contributed by atoms with E-state index in [2.05, 4.69) is 4.98 Å². The smallest absolute Gasteiger partial charge is 0.179 e. The molecule has 3 N–H and O–H groups in total. The molecule has 0 aliphatic heterocycles. The molecule has 0 atom stereocenters. The van der Waals surface area contributed by atoms with Crippen LogP contribution in [-0.2, 0) is 6.54 Å². The average molecular weight is 200 g/mol. The molecule has 13 heavy (non-hydrogen) atoms. The third-order valence-corrected chi connectivity index (χ3v) is 1.72. The van der Waals surface area contributed by atoms with Crippen molar-refractivity contribution in [3.8, 4) is 5.75 Å². The van der Waals surface area contributed by atoms with Crippen molar-refractivity contribution in [1.82, 2.24) is 9.38 Å². The summed E-state index contributed by atoms with van der Waals surface area (Å²) in [5, 5.41) is 9.36. The zero-order chi connectivity index (χ0) is 8.55. The van der Waals surface area contributed by atoms with Gasteiger partial charge in [-0.2, -0.15) is 0 Å². The highest BCUT2D eigenvalue weighted by atomic mass is 35.5. The highest BCUT2D eigenvalue weighted by Crippen LogP contribution is 2.16. The van der Waals surface area contributed by atoms with E-state index < -0.39 is 0 Å². The molecule has 5 heteroatoms. The molecule has 0 aromatic carbocycles. The number of nitrogens with zero attached hydrogens (tertiary/aromatic N) is 2. The van der Waals surface area contributed by atoms with Gasteiger partial charge < -0.3 is 15.2 Å². The number of nitrogens with two attached hydrogens (primary N) is 1. The van der Waals surface area contributed by atoms with Gasteiger partial charge in [-0.1, -0.05) is 0 Å². The lowest BCUT2D eigenvalue weighted by Crippen LogP contribution is -1.95. The van der Waals surface area contributed by atoms with E-state index >= 15 is 0 Å². The molecule has 0 spiro atoms. The van der Waals surface area contributed by atoms with E-state index in [-0.39, 0.29) is 18.2 Å². The molecule has 0 radical (unpaired) electrons. The second-order valence-corrected chi connectivity index (χ2v) is 2.56. The van der Waals surface area contributed by atoms with Crippen LogP contribution >= 0.6 is 12.4 Å². The number of hydrogen-bond acceptors (Lipinski definition) is 3. The van der Waals surface area contributed by atoms with Crippen LogP contribution in [0.25, 0.3) is 5.65 Å². The lowest BCUT2D eigenvalue weighted by Gasteiger charge is -1.92. The van der Waals surface area contributed by atoms with Gasteiger partial charge in [0.15, 0.2) is 11.4 Å². The third-order valence-electron chi connectivity index (χ3n) is 1.72. The van der Waals surface area contributed by atoms with Crippen LogP contribution in [0.5, 0.6) is 5.75 Å². The van der Waals surface area contributed by atoms with Gasteiger partial charge in [-0.05, 0) is 12.1 Å². The number of aromatic nitrogens is 2. The Morgan fingerprint density at radius 3 is 2.92 bits per heavy atom. The summed E-state index contributed by atoms with van der Waals surface area (Å²) in [6.07, 6.45) is 3.62. The van der Waals surface area contributed by atoms with Gasteiger partial charge in [0.25, 0.3) is 0 Å². The first kappa shape index (κ1) is 9.83. The molecule has 0 saturated heterocycles. The van der Waals surface area contributed by atoms with Crippen molar-refractivity contribution in [3.05, 3.63) is 30.2 Å². The fourth-order valence-corrected chi connectivity index (χ4v) is 1.15. The van der Waals surface area contributed by atoms with Gasteiger partial charge in [-0.25, -0.2) is 4.98 Å². The Morgan fingerprint density at radius 2 is 2.31 bits per heavy atom. The Kier molecular flexibility index (Phi) is 2.75. The van der Waals surface area contributed by atoms with Crippen molar-refractivity contribution < 1.29 is 5.11 Å². The molecule has 2 rings (SSSR count). The minimum atomic E-state index is 0. The maximum atomic E-state index is 9.36. The molecule has 0 amide bonds. The zero-order valence-corrected chi connectivity index (χ0v) is 7.66. The first-order valence-corrected chi connectivity index (χ1v) is 3.67. The molecule has 0 bridgehead atoms. The molecule has 0 fully saturated rings. The fraction of sp³-hybridized carbons (Fsp3) is 0.125. The van der Waals surface area contributed by atoms with E-state index in [0.717, 1.165) is 5.69 Å². The highest BCUT2D eigenvalue weighted by Gasteiger charge is 2.02. The fourth-order valence-electron chi connectivity index (χ4n) is 1.15. The van der Waals surface area contributed by atoms with Crippen LogP contribution in [0.2, 0.25) is 0 Å². The molecule has 0 aliphatic carbocycles. The van der Waals surface area contributed by atoms with Crippen LogP contribution in [-0.4, -0.2) is 14.5 Å². The van der Waals surface area contributed by atoms with Crippen molar-refractivity contribution >= 4 is 18.1 Å². The van der Waals surface area contributed by atoms with E-state index in [1.807, 2.05) is 6.20 Å². The molecule has 0 aliphatic rings. The van der Waals surface area contributed by atoms with E-state index in [9.17, 15) is 5.11 Å². The van der Waals surface area contributed by atoms with Gasteiger partial charge in [0.1, 0.15) is 0 Å². The lowest BCUT2D eigenvalue weighted by molar-refractivity contribution is 0.477. The average Bonchev–Trinajstić information content (AvgIpc) is 2.49. The largest absolute Gasteiger partial charge is 0.504 e. The summed E-state index contributed by atoms with van der Waals surface area (Å²) in [5.74, 6) is 0.178. The summed E-state index contributed by atoms with van der Waals surface area (Å²) >= 11 is 0. The van der Waals surface area contributed by atoms with Gasteiger partial charge in [0.05, 0.1) is 5.69 Å². The monoisotopic (exact) mass is 199 g/mol. The van der Waals surface area contributed by atoms with E-state index in [0.29, 0.717) is 12.2 Å². The molecule has 70 valence electrons. The van der Waals surface area contributed by atoms with Gasteiger partial charge in [-0.3, -0.25) is 0 Å². The number of pyridine rings is 1. The topological polar surface area (TPSA) is 63.5 Å². The molecule has 0 unspecified atom stereocenters. The van der Waals surface area contributed by atoms with Crippen LogP contribution in [0.1, 0.15) is 5.69 Å². The van der Waals surface area contributed by atoms with Gasteiger partial charge >= 0.3 is 0 Å². The first-order valence-electron chi connectivity index (χ1n) is 3.67. The Balaban J connectivity index is 0.000000845. The standard InChI is InChI=1S/C8H9N3O.ClH/c9-4-6-5-11-3-1-2-7(12)8(11)10-6;/h1-3,5,12H,4,9H2;1H. The number of fused-ring (bicyclic) bond motifs is 1. The van der Waals surface area contributed by atoms with Crippen LogP contribution < -0.4 is 5.73 Å². The van der Waals surface area contributed by atoms with Crippen molar-refractivity contribution in [2.75, 3.05) is 0 Å². The van der Waals surface area contributed by atoms with Crippen LogP contribution in [0.15, 0.2) is 24.5 Å². The second-order valence-electron chi connectivity index (χ2n) is 2.56. The number of halogens is 1. The summed E-state index contributed by atoms with van der Waals surface area (Å²) in [4.78, 5) is 4.12. The molecule has 2 heterocycles. The number of aromatic hydroxyl groups is 1. The van der Waals surface area contributed by atoms with Crippen molar-refractivity contribution in [1.29, 1.82) is 0 Å². The molecule has 2 aromatic rings. The zero-order valence-electron chi connectivity index (χ0n) is 6.84. The number of hydrogen-bond donors (Lipinski definition) is 2. The number of rotatable bonds is 1. The SMILES string of the molecule is Cl.NCc1cn2cccc(O)c2n1. The van der Waals surface area contributed by atoms with E-state index in [1.165, 1.54) is 0 Å². The van der Waals surface area contributed by atoms with E-state index in [4.69, 9.17) is 5.73 Å². The van der Waals surface area contributed by atoms with Crippen LogP contribution in [0.3, 0.4) is 0 Å². The molecule has 4 nitrogen and oxygen atoms in total. The Morgan fingerprint density at radius 1 is 1.54 bits per heavy atom. The molecular weight excluding hydrogens is 190 g/mol. The van der Waals surface area contributed by atoms with Crippen molar-refractivity contribution in [3.63, 3.8) is 0 Å². The summed E-state index contributed by atoms with van der Waals surface area (Å²) in [7, 11) is 0. The van der Waals surface area contributed by atoms with Gasteiger partial charge in [0, 0.05) is 18.9 Å². The minimum absolute atomic E-state index is 0. The molecule has 0 saturated carbocycles. The quantitative estimate of drug-likeness (QED) is 0.718. The predicted molar refractivity (Wildman–Crippen MR) is 52.0 cm³/mol. The maximum absolute atomic E-state index is 9.36. The van der Waals surface area contributed by atoms with Crippen molar-refractivity contribution in [2.24, 2.45) is 5.73 Å². The Labute approximate surface area is 81.4 Å². The van der Waals surface area contributed by atoms with Crippen molar-refractivity contribution in [2.45, 2.75) is 6.54 Å². The lowest BCUT2D eigenvalue weighted by atomic mass is 10.4. The summed E-state index contributed by atoms with van der Waals surface area (Å²) in [5.41, 5.74) is 6.73. The highest BCUT2D eigenvalue weighted by molar-refractivity contribution is 5.85. The first-order chi connectivity index (χ1) is 5.81. The predicted octanol–water partition coefficient (Wildman–Crippen LogP) is 0.920. The minimum Gasteiger partial charge on any atom is -0.504 e. The Bertz CT molecular complexity index is 413. The normalized spacial score (nSPS) is 9.92.